The third-order valence-electron chi connectivity index (χ3n) is 16.5. The number of Topliss-reactive ketones (excluding diaryl/α,β-unsaturated/α-hetero) is 1. The van der Waals surface area contributed by atoms with Crippen LogP contribution in [-0.4, -0.2) is 57.4 Å². The molecule has 1 aromatic rings. The molecule has 0 radical (unpaired) electrons. The third kappa shape index (κ3) is 6.67. The second-order valence-electron chi connectivity index (χ2n) is 20.4. The Labute approximate surface area is 328 Å². The number of aliphatic carboxylic acids is 2. The first-order valence-corrected chi connectivity index (χ1v) is 20.8. The molecule has 0 aromatic heterocycles. The summed E-state index contributed by atoms with van der Waals surface area (Å²) in [5, 5.41) is 19.4. The zero-order valence-electron chi connectivity index (χ0n) is 34.8. The summed E-state index contributed by atoms with van der Waals surface area (Å²) in [5.41, 5.74) is 1.30. The number of carbonyl (C=O) groups excluding carboxylic acids is 3. The van der Waals surface area contributed by atoms with Gasteiger partial charge in [-0.05, 0) is 123 Å². The van der Waals surface area contributed by atoms with E-state index in [9.17, 15) is 34.2 Å². The van der Waals surface area contributed by atoms with Gasteiger partial charge in [0.05, 0.1) is 11.8 Å². The number of allylic oxidation sites excluding steroid dienone is 2. The van der Waals surface area contributed by atoms with Crippen LogP contribution in [0.15, 0.2) is 41.5 Å². The molecule has 1 amide bonds. The van der Waals surface area contributed by atoms with Crippen LogP contribution >= 0.6 is 0 Å². The van der Waals surface area contributed by atoms with Crippen molar-refractivity contribution in [3.8, 4) is 0 Å². The molecule has 0 aliphatic heterocycles. The fourth-order valence-corrected chi connectivity index (χ4v) is 13.4. The second-order valence-corrected chi connectivity index (χ2v) is 20.4. The summed E-state index contributed by atoms with van der Waals surface area (Å²) >= 11 is 0. The minimum Gasteiger partial charge on any atom is -0.481 e. The van der Waals surface area contributed by atoms with E-state index in [-0.39, 0.29) is 64.9 Å². The van der Waals surface area contributed by atoms with E-state index in [1.165, 1.54) is 10.5 Å². The van der Waals surface area contributed by atoms with Crippen molar-refractivity contribution in [1.29, 1.82) is 0 Å². The molecule has 9 nitrogen and oxygen atoms in total. The molecule has 4 saturated carbocycles. The van der Waals surface area contributed by atoms with E-state index in [2.05, 4.69) is 48.5 Å². The molecular weight excluding hydrogens is 695 g/mol. The average molecular weight is 760 g/mol. The van der Waals surface area contributed by atoms with Crippen molar-refractivity contribution >= 4 is 29.6 Å². The SMILES string of the molecule is CC(C)C1=C2[C@H]3CCC4[C@@]5(C)CC[C@H](OC(=O)CC(C)(C)C(=O)O)C(C)(C)C5CC[C@@]4(C)[C@]3(C)CC[C@@]2(CCN(Cc2ccccc2)C(=O)C(=O)O)CC1=O. The minimum atomic E-state index is -1.46. The van der Waals surface area contributed by atoms with Gasteiger partial charge in [0, 0.05) is 30.3 Å². The molecule has 5 aliphatic carbocycles. The molecule has 0 heterocycles. The van der Waals surface area contributed by atoms with Crippen molar-refractivity contribution in [2.45, 2.75) is 146 Å². The van der Waals surface area contributed by atoms with Crippen LogP contribution in [0.4, 0.5) is 0 Å². The summed E-state index contributed by atoms with van der Waals surface area (Å²) in [6.45, 7) is 19.9. The number of hydrogen-bond acceptors (Lipinski definition) is 6. The highest BCUT2D eigenvalue weighted by molar-refractivity contribution is 6.31. The van der Waals surface area contributed by atoms with Gasteiger partial charge in [0.1, 0.15) is 6.10 Å². The van der Waals surface area contributed by atoms with E-state index in [1.807, 2.05) is 30.3 Å². The van der Waals surface area contributed by atoms with Crippen LogP contribution in [-0.2, 0) is 35.3 Å². The highest BCUT2D eigenvalue weighted by Gasteiger charge is 2.70. The molecule has 4 fully saturated rings. The van der Waals surface area contributed by atoms with E-state index >= 15 is 0 Å². The number of carboxylic acid groups (broad SMARTS) is 2. The molecule has 1 aromatic carbocycles. The quantitative estimate of drug-likeness (QED) is 0.178. The molecule has 55 heavy (non-hydrogen) atoms. The number of ether oxygens (including phenoxy) is 1. The fourth-order valence-electron chi connectivity index (χ4n) is 13.4. The lowest BCUT2D eigenvalue weighted by Gasteiger charge is -2.72. The number of ketones is 1. The molecule has 9 heteroatoms. The number of rotatable bonds is 10. The Morgan fingerprint density at radius 1 is 0.873 bits per heavy atom. The number of hydrogen-bond donors (Lipinski definition) is 2. The zero-order chi connectivity index (χ0) is 40.5. The van der Waals surface area contributed by atoms with Gasteiger partial charge in [-0.25, -0.2) is 4.79 Å². The van der Waals surface area contributed by atoms with Crippen molar-refractivity contribution < 1.29 is 38.9 Å². The van der Waals surface area contributed by atoms with Crippen LogP contribution in [0.25, 0.3) is 0 Å². The van der Waals surface area contributed by atoms with Crippen LogP contribution in [0.2, 0.25) is 0 Å². The van der Waals surface area contributed by atoms with Gasteiger partial charge in [0.15, 0.2) is 5.78 Å². The lowest BCUT2D eigenvalue weighted by molar-refractivity contribution is -0.233. The van der Waals surface area contributed by atoms with Crippen LogP contribution in [0, 0.1) is 56.2 Å². The topological polar surface area (TPSA) is 138 Å². The predicted molar refractivity (Wildman–Crippen MR) is 209 cm³/mol. The van der Waals surface area contributed by atoms with E-state index in [0.29, 0.717) is 24.7 Å². The highest BCUT2D eigenvalue weighted by Crippen LogP contribution is 2.77. The molecule has 2 unspecified atom stereocenters. The van der Waals surface area contributed by atoms with Crippen molar-refractivity contribution in [1.82, 2.24) is 4.90 Å². The maximum atomic E-state index is 14.1. The first-order chi connectivity index (χ1) is 25.5. The van der Waals surface area contributed by atoms with Crippen LogP contribution < -0.4 is 0 Å². The monoisotopic (exact) mass is 759 g/mol. The molecule has 0 saturated heterocycles. The van der Waals surface area contributed by atoms with Crippen LogP contribution in [0.3, 0.4) is 0 Å². The zero-order valence-corrected chi connectivity index (χ0v) is 34.8. The van der Waals surface area contributed by atoms with Gasteiger partial charge in [-0.2, -0.15) is 0 Å². The molecule has 302 valence electrons. The smallest absolute Gasteiger partial charge is 0.394 e. The first-order valence-electron chi connectivity index (χ1n) is 20.8. The number of carboxylic acids is 2. The normalized spacial score (nSPS) is 35.3. The number of carbonyl (C=O) groups is 5. The maximum absolute atomic E-state index is 14.1. The number of amides is 1. The number of fused-ring (bicyclic) bond motifs is 7. The Morgan fingerprint density at radius 3 is 2.16 bits per heavy atom. The van der Waals surface area contributed by atoms with Gasteiger partial charge in [0.25, 0.3) is 0 Å². The Morgan fingerprint density at radius 2 is 1.55 bits per heavy atom. The maximum Gasteiger partial charge on any atom is 0.394 e. The van der Waals surface area contributed by atoms with Gasteiger partial charge in [0.2, 0.25) is 0 Å². The average Bonchev–Trinajstić information content (AvgIpc) is 3.40. The largest absolute Gasteiger partial charge is 0.481 e. The van der Waals surface area contributed by atoms with E-state index in [0.717, 1.165) is 62.5 Å². The summed E-state index contributed by atoms with van der Waals surface area (Å²) in [6.07, 6.45) is 8.19. The lowest BCUT2D eigenvalue weighted by atomic mass is 9.33. The second kappa shape index (κ2) is 14.2. The minimum absolute atomic E-state index is 0.0117. The summed E-state index contributed by atoms with van der Waals surface area (Å²) in [7, 11) is 0. The first kappa shape index (κ1) is 41.2. The van der Waals surface area contributed by atoms with Gasteiger partial charge >= 0.3 is 23.8 Å². The van der Waals surface area contributed by atoms with Gasteiger partial charge in [-0.1, -0.05) is 84.4 Å². The van der Waals surface area contributed by atoms with Gasteiger partial charge < -0.3 is 19.8 Å². The standard InChI is InChI=1S/C46H65NO8/c1-28(2)36-31(48)25-46(23-24-47(38(50)39(51)52)27-29-13-11-10-12-14-29)22-21-44(8)30(37(36)46)15-16-33-43(7)19-18-34(55-35(49)26-41(3,4)40(53)54)42(5,6)32(43)17-20-45(33,44)9/h10-14,28,30,32-34H,15-27H2,1-9H3,(H,51,52)(H,53,54)/t30-,32?,33?,34+,43+,44-,45-,46-/m1/s1. The highest BCUT2D eigenvalue weighted by atomic mass is 16.5. The van der Waals surface area contributed by atoms with Gasteiger partial charge in [-0.3, -0.25) is 19.2 Å². The molecular formula is C46H65NO8. The third-order valence-corrected chi connectivity index (χ3v) is 16.5. The summed E-state index contributed by atoms with van der Waals surface area (Å²) in [5.74, 6) is -2.51. The summed E-state index contributed by atoms with van der Waals surface area (Å²) in [6, 6.07) is 9.50. The molecule has 8 atom stereocenters. The Balaban J connectivity index is 1.28. The van der Waals surface area contributed by atoms with E-state index in [4.69, 9.17) is 4.74 Å². The predicted octanol–water partition coefficient (Wildman–Crippen LogP) is 8.88. The van der Waals surface area contributed by atoms with Crippen LogP contribution in [0.1, 0.15) is 139 Å². The number of esters is 1. The van der Waals surface area contributed by atoms with Crippen molar-refractivity contribution in [2.24, 2.45) is 56.2 Å². The summed E-state index contributed by atoms with van der Waals surface area (Å²) in [4.78, 5) is 65.5. The van der Waals surface area contributed by atoms with Crippen molar-refractivity contribution in [3.05, 3.63) is 47.0 Å². The lowest BCUT2D eigenvalue weighted by Crippen LogP contribution is -2.65. The Kier molecular flexibility index (Phi) is 10.6. The molecule has 0 spiro atoms. The van der Waals surface area contributed by atoms with Crippen molar-refractivity contribution in [3.63, 3.8) is 0 Å². The summed E-state index contributed by atoms with van der Waals surface area (Å²) < 4.78 is 6.16. The van der Waals surface area contributed by atoms with E-state index < -0.39 is 34.6 Å². The number of benzene rings is 1. The molecule has 0 bridgehead atoms. The van der Waals surface area contributed by atoms with E-state index in [1.54, 1.807) is 13.8 Å². The molecule has 6 rings (SSSR count). The fraction of sp³-hybridized carbons (Fsp3) is 0.717. The number of nitrogens with zero attached hydrogens (tertiary/aromatic N) is 1. The Bertz CT molecular complexity index is 1760. The molecule has 5 aliphatic rings. The van der Waals surface area contributed by atoms with Gasteiger partial charge in [-0.15, -0.1) is 0 Å². The van der Waals surface area contributed by atoms with Crippen molar-refractivity contribution in [2.75, 3.05) is 6.54 Å². The van der Waals surface area contributed by atoms with Crippen LogP contribution in [0.5, 0.6) is 0 Å². The Hall–Kier alpha value is -3.49. The molecule has 2 N–H and O–H groups in total.